The zero-order valence-electron chi connectivity index (χ0n) is 10.00. The summed E-state index contributed by atoms with van der Waals surface area (Å²) >= 11 is 5.79. The first-order chi connectivity index (χ1) is 9.56. The summed E-state index contributed by atoms with van der Waals surface area (Å²) in [5.74, 6) is -0.989. The molecule has 2 rings (SSSR count). The zero-order chi connectivity index (χ0) is 14.5. The van der Waals surface area contributed by atoms with Crippen LogP contribution in [0.1, 0.15) is 10.4 Å². The molecule has 1 heterocycles. The highest BCUT2D eigenvalue weighted by Crippen LogP contribution is 2.25. The second-order valence-electron chi connectivity index (χ2n) is 3.62. The highest BCUT2D eigenvalue weighted by atomic mass is 79.9. The number of aromatic carboxylic acids is 1. The number of carbonyl (C=O) groups excluding carboxylic acids is 1. The lowest BCUT2D eigenvalue weighted by molar-refractivity contribution is -0.113. The van der Waals surface area contributed by atoms with Crippen LogP contribution >= 0.6 is 39.0 Å². The number of carbonyl (C=O) groups is 2. The molecule has 0 unspecified atom stereocenters. The zero-order valence-corrected chi connectivity index (χ0v) is 13.2. The van der Waals surface area contributed by atoms with Crippen molar-refractivity contribution in [1.29, 1.82) is 0 Å². The van der Waals surface area contributed by atoms with Crippen molar-refractivity contribution in [2.75, 3.05) is 11.1 Å². The van der Waals surface area contributed by atoms with Crippen LogP contribution in [0, 0.1) is 0 Å². The Morgan fingerprint density at radius 2 is 2.25 bits per heavy atom. The van der Waals surface area contributed by atoms with Gasteiger partial charge in [-0.2, -0.15) is 0 Å². The first kappa shape index (κ1) is 15.0. The summed E-state index contributed by atoms with van der Waals surface area (Å²) < 4.78 is 0.515. The number of halogens is 1. The molecular formula is C12H9BrN2O3S2. The number of nitrogens with one attached hydrogen (secondary N) is 1. The van der Waals surface area contributed by atoms with Crippen molar-refractivity contribution in [3.8, 4) is 0 Å². The molecule has 0 radical (unpaired) electrons. The van der Waals surface area contributed by atoms with Crippen molar-refractivity contribution in [2.45, 2.75) is 4.90 Å². The average molecular weight is 373 g/mol. The van der Waals surface area contributed by atoms with Crippen LogP contribution in [0.4, 0.5) is 5.13 Å². The Labute approximate surface area is 131 Å². The van der Waals surface area contributed by atoms with Crippen molar-refractivity contribution in [3.63, 3.8) is 0 Å². The van der Waals surface area contributed by atoms with Gasteiger partial charge in [0.05, 0.1) is 11.3 Å². The summed E-state index contributed by atoms with van der Waals surface area (Å²) in [6.45, 7) is 0. The van der Waals surface area contributed by atoms with Gasteiger partial charge >= 0.3 is 5.97 Å². The van der Waals surface area contributed by atoms with Gasteiger partial charge in [0.15, 0.2) is 5.13 Å². The van der Waals surface area contributed by atoms with Crippen LogP contribution in [0.2, 0.25) is 0 Å². The van der Waals surface area contributed by atoms with E-state index >= 15 is 0 Å². The Morgan fingerprint density at radius 3 is 2.90 bits per heavy atom. The minimum absolute atomic E-state index is 0.176. The highest BCUT2D eigenvalue weighted by molar-refractivity contribution is 9.10. The molecule has 0 saturated heterocycles. The number of carboxylic acid groups (broad SMARTS) is 1. The van der Waals surface area contributed by atoms with Gasteiger partial charge in [-0.25, -0.2) is 9.78 Å². The number of aromatic nitrogens is 1. The number of rotatable bonds is 5. The minimum Gasteiger partial charge on any atom is -0.478 e. The van der Waals surface area contributed by atoms with E-state index in [4.69, 9.17) is 5.11 Å². The van der Waals surface area contributed by atoms with Crippen LogP contribution in [0.25, 0.3) is 0 Å². The van der Waals surface area contributed by atoms with Crippen LogP contribution in [0.3, 0.4) is 0 Å². The molecule has 5 nitrogen and oxygen atoms in total. The Hall–Kier alpha value is -1.38. The van der Waals surface area contributed by atoms with Crippen LogP contribution in [0.5, 0.6) is 0 Å². The Bertz CT molecular complexity index is 632. The second kappa shape index (κ2) is 6.87. The summed E-state index contributed by atoms with van der Waals surface area (Å²) in [6.07, 6.45) is 1.61. The summed E-state index contributed by atoms with van der Waals surface area (Å²) in [5, 5.41) is 14.0. The number of thiazole rings is 1. The van der Waals surface area contributed by atoms with Crippen molar-refractivity contribution in [1.82, 2.24) is 4.98 Å². The van der Waals surface area contributed by atoms with E-state index in [1.54, 1.807) is 23.7 Å². The van der Waals surface area contributed by atoms with Crippen LogP contribution in [-0.4, -0.2) is 27.7 Å². The standard InChI is InChI=1S/C12H9BrN2O3S2/c13-9-2-1-7(5-8(9)11(17)18)20-6-10(16)15-12-14-3-4-19-12/h1-5H,6H2,(H,17,18)(H,14,15,16). The van der Waals surface area contributed by atoms with Gasteiger partial charge in [0.1, 0.15) is 0 Å². The molecule has 0 aliphatic heterocycles. The van der Waals surface area contributed by atoms with Crippen molar-refractivity contribution in [2.24, 2.45) is 0 Å². The predicted octanol–water partition coefficient (Wildman–Crippen LogP) is 3.33. The fourth-order valence-electron chi connectivity index (χ4n) is 1.35. The van der Waals surface area contributed by atoms with Gasteiger partial charge in [-0.3, -0.25) is 4.79 Å². The van der Waals surface area contributed by atoms with Crippen molar-refractivity contribution >= 4 is 56.0 Å². The first-order valence-electron chi connectivity index (χ1n) is 5.41. The molecular weight excluding hydrogens is 364 g/mol. The number of anilines is 1. The molecule has 20 heavy (non-hydrogen) atoms. The normalized spacial score (nSPS) is 10.2. The molecule has 0 atom stereocenters. The maximum Gasteiger partial charge on any atom is 0.336 e. The number of nitrogens with zero attached hydrogens (tertiary/aromatic N) is 1. The summed E-state index contributed by atoms with van der Waals surface area (Å²) in [4.78, 5) is 27.4. The molecule has 1 amide bonds. The Morgan fingerprint density at radius 1 is 1.45 bits per heavy atom. The van der Waals surface area contributed by atoms with E-state index < -0.39 is 5.97 Å². The number of carboxylic acids is 1. The third-order valence-electron chi connectivity index (χ3n) is 2.22. The van der Waals surface area contributed by atoms with E-state index in [1.807, 2.05) is 0 Å². The number of thioether (sulfide) groups is 1. The number of hydrogen-bond donors (Lipinski definition) is 2. The first-order valence-corrected chi connectivity index (χ1v) is 8.07. The van der Waals surface area contributed by atoms with Crippen molar-refractivity contribution in [3.05, 3.63) is 39.8 Å². The lowest BCUT2D eigenvalue weighted by Crippen LogP contribution is -2.13. The Balaban J connectivity index is 1.95. The van der Waals surface area contributed by atoms with E-state index in [9.17, 15) is 9.59 Å². The largest absolute Gasteiger partial charge is 0.478 e. The van der Waals surface area contributed by atoms with Gasteiger partial charge in [-0.1, -0.05) is 0 Å². The monoisotopic (exact) mass is 372 g/mol. The van der Waals surface area contributed by atoms with Crippen molar-refractivity contribution < 1.29 is 14.7 Å². The quantitative estimate of drug-likeness (QED) is 0.786. The maximum absolute atomic E-state index is 11.7. The molecule has 1 aromatic heterocycles. The molecule has 1 aromatic carbocycles. The summed E-state index contributed by atoms with van der Waals surface area (Å²) in [5.41, 5.74) is 0.176. The number of benzene rings is 1. The Kier molecular flexibility index (Phi) is 5.16. The summed E-state index contributed by atoms with van der Waals surface area (Å²) in [6, 6.07) is 4.95. The van der Waals surface area contributed by atoms with E-state index in [0.29, 0.717) is 9.60 Å². The van der Waals surface area contributed by atoms with Gasteiger partial charge in [-0.05, 0) is 34.1 Å². The van der Waals surface area contributed by atoms with E-state index in [1.165, 1.54) is 29.2 Å². The van der Waals surface area contributed by atoms with Crippen LogP contribution in [0.15, 0.2) is 39.1 Å². The molecule has 0 fully saturated rings. The molecule has 0 spiro atoms. The average Bonchev–Trinajstić information content (AvgIpc) is 2.90. The smallest absolute Gasteiger partial charge is 0.336 e. The van der Waals surface area contributed by atoms with Gasteiger partial charge in [-0.15, -0.1) is 23.1 Å². The van der Waals surface area contributed by atoms with E-state index in [-0.39, 0.29) is 17.2 Å². The predicted molar refractivity (Wildman–Crippen MR) is 82.6 cm³/mol. The van der Waals surface area contributed by atoms with Gasteiger partial charge in [0.2, 0.25) is 5.91 Å². The van der Waals surface area contributed by atoms with Crippen LogP contribution in [-0.2, 0) is 4.79 Å². The van der Waals surface area contributed by atoms with Crippen LogP contribution < -0.4 is 5.32 Å². The van der Waals surface area contributed by atoms with Gasteiger partial charge in [0.25, 0.3) is 0 Å². The lowest BCUT2D eigenvalue weighted by atomic mass is 10.2. The molecule has 104 valence electrons. The highest BCUT2D eigenvalue weighted by Gasteiger charge is 2.10. The van der Waals surface area contributed by atoms with E-state index in [0.717, 1.165) is 4.90 Å². The SMILES string of the molecule is O=C(CSc1ccc(Br)c(C(=O)O)c1)Nc1nccs1. The molecule has 0 bridgehead atoms. The second-order valence-corrected chi connectivity index (χ2v) is 6.42. The molecule has 0 aliphatic carbocycles. The molecule has 0 saturated carbocycles. The van der Waals surface area contributed by atoms with E-state index in [2.05, 4.69) is 26.2 Å². The lowest BCUT2D eigenvalue weighted by Gasteiger charge is -2.04. The van der Waals surface area contributed by atoms with Gasteiger partial charge in [0, 0.05) is 20.9 Å². The van der Waals surface area contributed by atoms with Gasteiger partial charge < -0.3 is 10.4 Å². The fraction of sp³-hybridized carbons (Fsp3) is 0.0833. The number of amides is 1. The molecule has 2 N–H and O–H groups in total. The third-order valence-corrected chi connectivity index (χ3v) is 4.59. The third kappa shape index (κ3) is 4.06. The molecule has 8 heteroatoms. The minimum atomic E-state index is -1.01. The maximum atomic E-state index is 11.7. The molecule has 2 aromatic rings. The molecule has 0 aliphatic rings. The topological polar surface area (TPSA) is 79.3 Å². The summed E-state index contributed by atoms with van der Waals surface area (Å²) in [7, 11) is 0. The number of hydrogen-bond acceptors (Lipinski definition) is 5. The fourth-order valence-corrected chi connectivity index (χ4v) is 3.04.